The van der Waals surface area contributed by atoms with E-state index >= 15 is 0 Å². The molecule has 7 nitrogen and oxygen atoms in total. The molecule has 1 aliphatic rings. The molecule has 1 aromatic heterocycles. The number of nitrogens with zero attached hydrogens (tertiary/aromatic N) is 3. The molecule has 0 amide bonds. The van der Waals surface area contributed by atoms with Crippen LogP contribution in [0.4, 0.5) is 0 Å². The fourth-order valence-electron chi connectivity index (χ4n) is 3.41. The lowest BCUT2D eigenvalue weighted by Gasteiger charge is -2.37. The topological polar surface area (TPSA) is 73.7 Å². The van der Waals surface area contributed by atoms with Gasteiger partial charge in [0.15, 0.2) is 0 Å². The van der Waals surface area contributed by atoms with Crippen molar-refractivity contribution >= 4 is 11.9 Å². The second-order valence-electron chi connectivity index (χ2n) is 6.95. The third-order valence-corrected chi connectivity index (χ3v) is 5.21. The average Bonchev–Trinajstić information content (AvgIpc) is 3.19. The monoisotopic (exact) mass is 371 g/mol. The van der Waals surface area contributed by atoms with Crippen molar-refractivity contribution in [2.75, 3.05) is 27.2 Å². The van der Waals surface area contributed by atoms with Crippen LogP contribution in [0.25, 0.3) is 0 Å². The quantitative estimate of drug-likeness (QED) is 0.751. The Kier molecular flexibility index (Phi) is 5.60. The largest absolute Gasteiger partial charge is 0.466 e. The van der Waals surface area contributed by atoms with Crippen LogP contribution in [0.15, 0.2) is 42.9 Å². The van der Waals surface area contributed by atoms with E-state index in [1.165, 1.54) is 13.3 Å². The Bertz CT molecular complexity index is 795. The van der Waals surface area contributed by atoms with Crippen LogP contribution >= 0.6 is 0 Å². The molecule has 0 N–H and O–H groups in total. The van der Waals surface area contributed by atoms with Crippen molar-refractivity contribution < 1.29 is 19.1 Å². The van der Waals surface area contributed by atoms with Crippen LogP contribution in [0.2, 0.25) is 0 Å². The van der Waals surface area contributed by atoms with E-state index in [2.05, 4.69) is 9.88 Å². The van der Waals surface area contributed by atoms with Gasteiger partial charge in [0.2, 0.25) is 5.60 Å². The van der Waals surface area contributed by atoms with Gasteiger partial charge < -0.3 is 18.9 Å². The molecule has 0 unspecified atom stereocenters. The van der Waals surface area contributed by atoms with Gasteiger partial charge in [0.05, 0.1) is 25.7 Å². The SMILES string of the molecule is COC(=O)C1(OC(=O)c2cncn2[C@H](C)c2ccccc2)CCN(C)CC1. The fourth-order valence-corrected chi connectivity index (χ4v) is 3.41. The summed E-state index contributed by atoms with van der Waals surface area (Å²) in [5.74, 6) is -1.07. The maximum absolute atomic E-state index is 12.9. The van der Waals surface area contributed by atoms with Crippen molar-refractivity contribution in [3.8, 4) is 0 Å². The molecule has 2 aromatic rings. The first kappa shape index (κ1) is 19.1. The van der Waals surface area contributed by atoms with Gasteiger partial charge in [0, 0.05) is 25.9 Å². The second kappa shape index (κ2) is 7.92. The number of hydrogen-bond acceptors (Lipinski definition) is 6. The molecule has 1 fully saturated rings. The summed E-state index contributed by atoms with van der Waals surface area (Å²) in [6, 6.07) is 9.73. The van der Waals surface area contributed by atoms with Gasteiger partial charge in [-0.3, -0.25) is 0 Å². The lowest BCUT2D eigenvalue weighted by Crippen LogP contribution is -2.52. The number of carbonyl (C=O) groups excluding carboxylic acids is 2. The lowest BCUT2D eigenvalue weighted by atomic mass is 9.91. The van der Waals surface area contributed by atoms with Gasteiger partial charge in [-0.25, -0.2) is 14.6 Å². The maximum atomic E-state index is 12.9. The van der Waals surface area contributed by atoms with E-state index in [0.717, 1.165) is 5.56 Å². The maximum Gasteiger partial charge on any atom is 0.357 e. The van der Waals surface area contributed by atoms with Gasteiger partial charge in [-0.15, -0.1) is 0 Å². The molecule has 0 bridgehead atoms. The highest BCUT2D eigenvalue weighted by atomic mass is 16.6. The van der Waals surface area contributed by atoms with Gasteiger partial charge >= 0.3 is 11.9 Å². The van der Waals surface area contributed by atoms with E-state index in [1.54, 1.807) is 10.9 Å². The number of imidazole rings is 1. The van der Waals surface area contributed by atoms with Gasteiger partial charge in [0.25, 0.3) is 0 Å². The molecule has 0 aliphatic carbocycles. The first-order valence-electron chi connectivity index (χ1n) is 9.04. The molecule has 7 heteroatoms. The Morgan fingerprint density at radius 1 is 1.19 bits per heavy atom. The minimum atomic E-state index is -1.25. The summed E-state index contributed by atoms with van der Waals surface area (Å²) in [4.78, 5) is 31.5. The molecular formula is C20H25N3O4. The zero-order valence-electron chi connectivity index (χ0n) is 15.9. The Morgan fingerprint density at radius 3 is 2.48 bits per heavy atom. The Morgan fingerprint density at radius 2 is 1.85 bits per heavy atom. The third kappa shape index (κ3) is 3.88. The van der Waals surface area contributed by atoms with Crippen molar-refractivity contribution in [3.63, 3.8) is 0 Å². The summed E-state index contributed by atoms with van der Waals surface area (Å²) in [6.45, 7) is 3.30. The van der Waals surface area contributed by atoms with E-state index < -0.39 is 17.5 Å². The zero-order valence-corrected chi connectivity index (χ0v) is 15.9. The molecule has 1 atom stereocenters. The number of benzene rings is 1. The molecule has 1 aromatic carbocycles. The van der Waals surface area contributed by atoms with Crippen molar-refractivity contribution in [2.24, 2.45) is 0 Å². The molecule has 27 heavy (non-hydrogen) atoms. The summed E-state index contributed by atoms with van der Waals surface area (Å²) in [5.41, 5.74) is 0.115. The van der Waals surface area contributed by atoms with Crippen molar-refractivity contribution in [3.05, 3.63) is 54.1 Å². The number of likely N-dealkylation sites (tertiary alicyclic amines) is 1. The predicted molar refractivity (Wildman–Crippen MR) is 99.4 cm³/mol. The Hall–Kier alpha value is -2.67. The van der Waals surface area contributed by atoms with Crippen LogP contribution in [-0.4, -0.2) is 59.2 Å². The summed E-state index contributed by atoms with van der Waals surface area (Å²) < 4.78 is 12.4. The van der Waals surface area contributed by atoms with Crippen LogP contribution in [0, 0.1) is 0 Å². The first-order valence-corrected chi connectivity index (χ1v) is 9.04. The Balaban J connectivity index is 1.84. The van der Waals surface area contributed by atoms with Gasteiger partial charge in [0.1, 0.15) is 5.69 Å². The van der Waals surface area contributed by atoms with Gasteiger partial charge in [-0.2, -0.15) is 0 Å². The molecule has 0 spiro atoms. The summed E-state index contributed by atoms with van der Waals surface area (Å²) >= 11 is 0. The van der Waals surface area contributed by atoms with Crippen molar-refractivity contribution in [2.45, 2.75) is 31.4 Å². The summed E-state index contributed by atoms with van der Waals surface area (Å²) in [5, 5.41) is 0. The van der Waals surface area contributed by atoms with Crippen LogP contribution in [0.5, 0.6) is 0 Å². The first-order chi connectivity index (χ1) is 13.0. The minimum absolute atomic E-state index is 0.0946. The van der Waals surface area contributed by atoms with Crippen LogP contribution < -0.4 is 0 Å². The third-order valence-electron chi connectivity index (χ3n) is 5.21. The van der Waals surface area contributed by atoms with Gasteiger partial charge in [-0.1, -0.05) is 30.3 Å². The molecule has 144 valence electrons. The molecule has 0 saturated carbocycles. The number of methoxy groups -OCH3 is 1. The number of piperidine rings is 1. The molecule has 2 heterocycles. The molecule has 3 rings (SSSR count). The van der Waals surface area contributed by atoms with Crippen LogP contribution in [0.3, 0.4) is 0 Å². The number of rotatable bonds is 5. The highest BCUT2D eigenvalue weighted by molar-refractivity contribution is 5.91. The van der Waals surface area contributed by atoms with E-state index in [4.69, 9.17) is 9.47 Å². The normalized spacial score (nSPS) is 17.9. The number of esters is 2. The molecule has 0 radical (unpaired) electrons. The predicted octanol–water partition coefficient (Wildman–Crippen LogP) is 2.29. The zero-order chi connectivity index (χ0) is 19.4. The van der Waals surface area contributed by atoms with E-state index in [-0.39, 0.29) is 6.04 Å². The number of aromatic nitrogens is 2. The van der Waals surface area contributed by atoms with Crippen molar-refractivity contribution in [1.82, 2.24) is 14.5 Å². The number of ether oxygens (including phenoxy) is 2. The summed E-state index contributed by atoms with van der Waals surface area (Å²) in [7, 11) is 3.29. The van der Waals surface area contributed by atoms with Gasteiger partial charge in [-0.05, 0) is 19.5 Å². The second-order valence-corrected chi connectivity index (χ2v) is 6.95. The van der Waals surface area contributed by atoms with Crippen molar-refractivity contribution in [1.29, 1.82) is 0 Å². The lowest BCUT2D eigenvalue weighted by molar-refractivity contribution is -0.168. The minimum Gasteiger partial charge on any atom is -0.466 e. The standard InChI is InChI=1S/C20H25N3O4/c1-15(16-7-5-4-6-8-16)23-14-21-13-17(23)18(24)27-20(19(25)26-3)9-11-22(2)12-10-20/h4-8,13-15H,9-12H2,1-3H3/t15-/m1/s1. The smallest absolute Gasteiger partial charge is 0.357 e. The Labute approximate surface area is 158 Å². The molecule has 1 aliphatic heterocycles. The van der Waals surface area contributed by atoms with E-state index in [0.29, 0.717) is 31.6 Å². The highest BCUT2D eigenvalue weighted by Crippen LogP contribution is 2.29. The van der Waals surface area contributed by atoms with Crippen LogP contribution in [-0.2, 0) is 14.3 Å². The van der Waals surface area contributed by atoms with Crippen LogP contribution in [0.1, 0.15) is 41.9 Å². The number of hydrogen-bond donors (Lipinski definition) is 0. The van der Waals surface area contributed by atoms with E-state index in [1.807, 2.05) is 44.3 Å². The highest BCUT2D eigenvalue weighted by Gasteiger charge is 2.46. The van der Waals surface area contributed by atoms with E-state index in [9.17, 15) is 9.59 Å². The average molecular weight is 371 g/mol. The fraction of sp³-hybridized carbons (Fsp3) is 0.450. The number of carbonyl (C=O) groups is 2. The summed E-state index contributed by atoms with van der Waals surface area (Å²) in [6.07, 6.45) is 3.89. The molecular weight excluding hydrogens is 346 g/mol. The molecule has 1 saturated heterocycles.